The number of aromatic nitrogens is 2. The fraction of sp³-hybridized carbons (Fsp3) is 0.643. The fourth-order valence-corrected chi connectivity index (χ4v) is 2.96. The topological polar surface area (TPSA) is 58.1 Å². The van der Waals surface area contributed by atoms with Crippen molar-refractivity contribution in [2.24, 2.45) is 0 Å². The molecule has 5 nitrogen and oxygen atoms in total. The van der Waals surface area contributed by atoms with Crippen LogP contribution in [0, 0.1) is 6.92 Å². The number of aryl methyl sites for hydroxylation is 2. The van der Waals surface area contributed by atoms with Gasteiger partial charge in [-0.15, -0.1) is 0 Å². The monoisotopic (exact) mass is 260 g/mol. The predicted octanol–water partition coefficient (Wildman–Crippen LogP) is 1.31. The highest BCUT2D eigenvalue weighted by molar-refractivity contribution is 5.86. The van der Waals surface area contributed by atoms with Gasteiger partial charge in [-0.1, -0.05) is 0 Å². The summed E-state index contributed by atoms with van der Waals surface area (Å²) in [5.74, 6) is 1.85. The Morgan fingerprint density at radius 3 is 2.79 bits per heavy atom. The molecule has 1 aliphatic carbocycles. The van der Waals surface area contributed by atoms with Crippen LogP contribution in [0.5, 0.6) is 0 Å². The highest BCUT2D eigenvalue weighted by Crippen LogP contribution is 2.27. The smallest absolute Gasteiger partial charge is 0.244 e. The summed E-state index contributed by atoms with van der Waals surface area (Å²) in [6.45, 7) is 2.74. The molecule has 19 heavy (non-hydrogen) atoms. The number of nitrogens with zero attached hydrogens (tertiary/aromatic N) is 3. The van der Waals surface area contributed by atoms with E-state index in [9.17, 15) is 4.79 Å². The number of hydrogen-bond donors (Lipinski definition) is 1. The van der Waals surface area contributed by atoms with Gasteiger partial charge in [0.15, 0.2) is 0 Å². The lowest BCUT2D eigenvalue weighted by molar-refractivity contribution is -0.127. The molecule has 1 saturated heterocycles. The first-order valence-corrected chi connectivity index (χ1v) is 7.03. The van der Waals surface area contributed by atoms with E-state index >= 15 is 0 Å². The minimum absolute atomic E-state index is 0.120. The largest absolute Gasteiger partial charge is 0.358 e. The van der Waals surface area contributed by atoms with Crippen LogP contribution in [0.3, 0.4) is 0 Å². The molecule has 1 aromatic heterocycles. The highest BCUT2D eigenvalue weighted by atomic mass is 16.2. The van der Waals surface area contributed by atoms with Crippen LogP contribution in [0.4, 0.5) is 5.82 Å². The zero-order valence-corrected chi connectivity index (χ0v) is 11.6. The fourth-order valence-electron chi connectivity index (χ4n) is 2.96. The maximum absolute atomic E-state index is 12.0. The zero-order chi connectivity index (χ0) is 13.4. The van der Waals surface area contributed by atoms with Gasteiger partial charge in [0.2, 0.25) is 5.91 Å². The number of likely N-dealkylation sites (N-methyl/N-ethyl adjacent to an activating group) is 1. The molecule has 3 rings (SSSR count). The second kappa shape index (κ2) is 4.79. The third kappa shape index (κ3) is 2.29. The second-order valence-corrected chi connectivity index (χ2v) is 5.50. The summed E-state index contributed by atoms with van der Waals surface area (Å²) in [5, 5.41) is 3.35. The Hall–Kier alpha value is -1.65. The molecule has 102 valence electrons. The number of anilines is 1. The van der Waals surface area contributed by atoms with Gasteiger partial charge in [-0.2, -0.15) is 0 Å². The van der Waals surface area contributed by atoms with Crippen molar-refractivity contribution >= 4 is 11.7 Å². The number of likely N-dealkylation sites (tertiary alicyclic amines) is 1. The average molecular weight is 260 g/mol. The molecule has 2 aliphatic rings. The molecule has 0 radical (unpaired) electrons. The van der Waals surface area contributed by atoms with Crippen LogP contribution in [0.25, 0.3) is 0 Å². The summed E-state index contributed by atoms with van der Waals surface area (Å²) in [4.78, 5) is 22.8. The minimum atomic E-state index is -0.120. The van der Waals surface area contributed by atoms with Gasteiger partial charge in [0.25, 0.3) is 0 Å². The summed E-state index contributed by atoms with van der Waals surface area (Å²) in [5.41, 5.74) is 2.39. The molecule has 1 fully saturated rings. The number of hydrogen-bond acceptors (Lipinski definition) is 4. The summed E-state index contributed by atoms with van der Waals surface area (Å²) in [6, 6.07) is -0.120. The van der Waals surface area contributed by atoms with E-state index < -0.39 is 0 Å². The van der Waals surface area contributed by atoms with Crippen molar-refractivity contribution in [2.45, 2.75) is 45.1 Å². The Balaban J connectivity index is 1.88. The van der Waals surface area contributed by atoms with Crippen LogP contribution in [-0.4, -0.2) is 40.4 Å². The van der Waals surface area contributed by atoms with Crippen molar-refractivity contribution < 1.29 is 4.79 Å². The third-order valence-electron chi connectivity index (χ3n) is 4.03. The van der Waals surface area contributed by atoms with E-state index in [1.54, 1.807) is 4.90 Å². The standard InChI is InChI=1S/C14H20N4O/c1-9-15-11-6-4-3-5-10(11)13(16-9)17-12-7-8-18(2)14(12)19/h12H,3-8H2,1-2H3,(H,15,16,17). The van der Waals surface area contributed by atoms with Gasteiger partial charge in [0.1, 0.15) is 17.7 Å². The summed E-state index contributed by atoms with van der Waals surface area (Å²) in [7, 11) is 1.85. The molecule has 1 amide bonds. The van der Waals surface area contributed by atoms with Crippen molar-refractivity contribution in [3.63, 3.8) is 0 Å². The van der Waals surface area contributed by atoms with Gasteiger partial charge in [-0.25, -0.2) is 9.97 Å². The lowest BCUT2D eigenvalue weighted by Gasteiger charge is -2.21. The van der Waals surface area contributed by atoms with E-state index in [4.69, 9.17) is 0 Å². The summed E-state index contributed by atoms with van der Waals surface area (Å²) in [6.07, 6.45) is 5.30. The lowest BCUT2D eigenvalue weighted by atomic mass is 9.96. The lowest BCUT2D eigenvalue weighted by Crippen LogP contribution is -2.32. The number of amides is 1. The molecular formula is C14H20N4O. The zero-order valence-electron chi connectivity index (χ0n) is 11.6. The van der Waals surface area contributed by atoms with Gasteiger partial charge in [-0.3, -0.25) is 4.79 Å². The van der Waals surface area contributed by atoms with Crippen LogP contribution in [0.2, 0.25) is 0 Å². The Labute approximate surface area is 113 Å². The van der Waals surface area contributed by atoms with E-state index in [-0.39, 0.29) is 11.9 Å². The molecule has 0 bridgehead atoms. The Morgan fingerprint density at radius 1 is 1.26 bits per heavy atom. The second-order valence-electron chi connectivity index (χ2n) is 5.50. The van der Waals surface area contributed by atoms with E-state index in [0.29, 0.717) is 0 Å². The van der Waals surface area contributed by atoms with E-state index in [0.717, 1.165) is 37.4 Å². The predicted molar refractivity (Wildman–Crippen MR) is 73.1 cm³/mol. The Morgan fingerprint density at radius 2 is 2.05 bits per heavy atom. The van der Waals surface area contributed by atoms with Crippen LogP contribution in [-0.2, 0) is 17.6 Å². The van der Waals surface area contributed by atoms with Crippen molar-refractivity contribution in [3.05, 3.63) is 17.1 Å². The molecule has 1 atom stereocenters. The number of rotatable bonds is 2. The molecule has 1 unspecified atom stereocenters. The molecule has 0 spiro atoms. The molecule has 1 N–H and O–H groups in total. The molecule has 5 heteroatoms. The van der Waals surface area contributed by atoms with Gasteiger partial charge in [-0.05, 0) is 39.0 Å². The SMILES string of the molecule is Cc1nc2c(c(NC3CCN(C)C3=O)n1)CCCC2. The van der Waals surface area contributed by atoms with E-state index in [2.05, 4.69) is 15.3 Å². The summed E-state index contributed by atoms with van der Waals surface area (Å²) >= 11 is 0. The van der Waals surface area contributed by atoms with E-state index in [1.165, 1.54) is 24.1 Å². The molecule has 1 aromatic rings. The average Bonchev–Trinajstić information content (AvgIpc) is 2.70. The quantitative estimate of drug-likeness (QED) is 0.871. The molecule has 0 saturated carbocycles. The normalized spacial score (nSPS) is 22.5. The van der Waals surface area contributed by atoms with Crippen molar-refractivity contribution in [2.75, 3.05) is 18.9 Å². The van der Waals surface area contributed by atoms with Crippen molar-refractivity contribution in [3.8, 4) is 0 Å². The van der Waals surface area contributed by atoms with Crippen molar-refractivity contribution in [1.29, 1.82) is 0 Å². The molecular weight excluding hydrogens is 240 g/mol. The van der Waals surface area contributed by atoms with Crippen LogP contribution < -0.4 is 5.32 Å². The first kappa shape index (κ1) is 12.4. The van der Waals surface area contributed by atoms with Gasteiger partial charge in [0.05, 0.1) is 0 Å². The summed E-state index contributed by atoms with van der Waals surface area (Å²) < 4.78 is 0. The number of carbonyl (C=O) groups excluding carboxylic acids is 1. The molecule has 1 aliphatic heterocycles. The van der Waals surface area contributed by atoms with Crippen LogP contribution in [0.15, 0.2) is 0 Å². The number of nitrogens with one attached hydrogen (secondary N) is 1. The number of fused-ring (bicyclic) bond motifs is 1. The molecule has 0 aromatic carbocycles. The maximum atomic E-state index is 12.0. The van der Waals surface area contributed by atoms with Crippen LogP contribution in [0.1, 0.15) is 36.3 Å². The number of carbonyl (C=O) groups is 1. The van der Waals surface area contributed by atoms with Gasteiger partial charge >= 0.3 is 0 Å². The first-order chi connectivity index (χ1) is 9.15. The van der Waals surface area contributed by atoms with Gasteiger partial charge in [0, 0.05) is 24.8 Å². The minimum Gasteiger partial charge on any atom is -0.358 e. The Bertz CT molecular complexity index is 514. The first-order valence-electron chi connectivity index (χ1n) is 7.03. The highest BCUT2D eigenvalue weighted by Gasteiger charge is 2.30. The van der Waals surface area contributed by atoms with Crippen LogP contribution >= 0.6 is 0 Å². The third-order valence-corrected chi connectivity index (χ3v) is 4.03. The Kier molecular flexibility index (Phi) is 3.12. The van der Waals surface area contributed by atoms with Crippen molar-refractivity contribution in [1.82, 2.24) is 14.9 Å². The maximum Gasteiger partial charge on any atom is 0.244 e. The molecule has 2 heterocycles. The van der Waals surface area contributed by atoms with E-state index in [1.807, 2.05) is 14.0 Å². The van der Waals surface area contributed by atoms with Gasteiger partial charge < -0.3 is 10.2 Å².